The molecule has 0 saturated carbocycles. The molecule has 0 aliphatic rings. The van der Waals surface area contributed by atoms with E-state index in [1.807, 2.05) is 12.1 Å². The first-order valence-electron chi connectivity index (χ1n) is 4.63. The van der Waals surface area contributed by atoms with Gasteiger partial charge in [0.2, 0.25) is 0 Å². The third-order valence-electron chi connectivity index (χ3n) is 2.10. The van der Waals surface area contributed by atoms with E-state index in [-0.39, 0.29) is 0 Å². The molecule has 0 aromatic carbocycles. The van der Waals surface area contributed by atoms with Gasteiger partial charge >= 0.3 is 0 Å². The maximum Gasteiger partial charge on any atom is 0.152 e. The molecule has 0 amide bonds. The predicted molar refractivity (Wildman–Crippen MR) is 62.9 cm³/mol. The Morgan fingerprint density at radius 2 is 1.94 bits per heavy atom. The molecule has 3 heterocycles. The maximum atomic E-state index is 5.75. The van der Waals surface area contributed by atoms with E-state index in [1.165, 1.54) is 11.3 Å². The third-order valence-corrected chi connectivity index (χ3v) is 3.08. The number of nitrogens with zero attached hydrogens (tertiary/aromatic N) is 4. The molecule has 5 nitrogen and oxygen atoms in total. The van der Waals surface area contributed by atoms with E-state index in [0.717, 1.165) is 15.4 Å². The molecule has 16 heavy (non-hydrogen) atoms. The molecule has 0 bridgehead atoms. The van der Waals surface area contributed by atoms with Crippen molar-refractivity contribution in [2.45, 2.75) is 0 Å². The molecule has 2 N–H and O–H groups in total. The first kappa shape index (κ1) is 9.17. The fourth-order valence-electron chi connectivity index (χ4n) is 1.38. The van der Waals surface area contributed by atoms with E-state index < -0.39 is 0 Å². The number of aromatic nitrogens is 4. The van der Waals surface area contributed by atoms with Crippen molar-refractivity contribution >= 4 is 27.5 Å². The van der Waals surface area contributed by atoms with Gasteiger partial charge in [-0.3, -0.25) is 0 Å². The molecule has 0 unspecified atom stereocenters. The van der Waals surface area contributed by atoms with Gasteiger partial charge in [0.1, 0.15) is 21.0 Å². The van der Waals surface area contributed by atoms with Crippen LogP contribution in [0.3, 0.4) is 0 Å². The van der Waals surface area contributed by atoms with Crippen molar-refractivity contribution in [1.82, 2.24) is 19.9 Å². The average Bonchev–Trinajstić information content (AvgIpc) is 2.73. The van der Waals surface area contributed by atoms with Gasteiger partial charge in [0, 0.05) is 18.6 Å². The SMILES string of the molecule is Nc1nccnc1-c1nc2cccnc2s1. The Bertz CT molecular complexity index is 615. The van der Waals surface area contributed by atoms with Gasteiger partial charge in [0.15, 0.2) is 5.82 Å². The summed E-state index contributed by atoms with van der Waals surface area (Å²) in [6, 6.07) is 3.76. The molecule has 0 aliphatic carbocycles. The van der Waals surface area contributed by atoms with Gasteiger partial charge < -0.3 is 5.73 Å². The van der Waals surface area contributed by atoms with Gasteiger partial charge in [-0.15, -0.1) is 0 Å². The lowest BCUT2D eigenvalue weighted by Gasteiger charge is -1.96. The van der Waals surface area contributed by atoms with Crippen LogP contribution >= 0.6 is 11.3 Å². The second-order valence-electron chi connectivity index (χ2n) is 3.14. The zero-order chi connectivity index (χ0) is 11.0. The topological polar surface area (TPSA) is 77.6 Å². The number of nitrogens with two attached hydrogens (primary N) is 1. The van der Waals surface area contributed by atoms with Gasteiger partial charge in [0.25, 0.3) is 0 Å². The van der Waals surface area contributed by atoms with Crippen molar-refractivity contribution in [3.8, 4) is 10.7 Å². The summed E-state index contributed by atoms with van der Waals surface area (Å²) in [4.78, 5) is 17.7. The van der Waals surface area contributed by atoms with Gasteiger partial charge in [-0.25, -0.2) is 19.9 Å². The largest absolute Gasteiger partial charge is 0.382 e. The highest BCUT2D eigenvalue weighted by atomic mass is 32.1. The van der Waals surface area contributed by atoms with E-state index in [2.05, 4.69) is 19.9 Å². The zero-order valence-corrected chi connectivity index (χ0v) is 8.98. The number of fused-ring (bicyclic) bond motifs is 1. The quantitative estimate of drug-likeness (QED) is 0.687. The summed E-state index contributed by atoms with van der Waals surface area (Å²) in [6.07, 6.45) is 4.90. The minimum Gasteiger partial charge on any atom is -0.382 e. The van der Waals surface area contributed by atoms with Crippen LogP contribution in [-0.2, 0) is 0 Å². The van der Waals surface area contributed by atoms with E-state index >= 15 is 0 Å². The molecule has 0 spiro atoms. The lowest BCUT2D eigenvalue weighted by atomic mass is 10.4. The number of nitrogen functional groups attached to an aromatic ring is 1. The summed E-state index contributed by atoms with van der Waals surface area (Å²) in [5, 5.41) is 0.749. The molecule has 3 rings (SSSR count). The monoisotopic (exact) mass is 229 g/mol. The Hall–Kier alpha value is -2.08. The number of anilines is 1. The van der Waals surface area contributed by atoms with Crippen LogP contribution in [0, 0.1) is 0 Å². The number of thiazole rings is 1. The van der Waals surface area contributed by atoms with E-state index in [1.54, 1.807) is 18.6 Å². The van der Waals surface area contributed by atoms with Crippen LogP contribution in [0.4, 0.5) is 5.82 Å². The smallest absolute Gasteiger partial charge is 0.152 e. The van der Waals surface area contributed by atoms with Crippen LogP contribution in [0.15, 0.2) is 30.7 Å². The van der Waals surface area contributed by atoms with Crippen LogP contribution in [0.2, 0.25) is 0 Å². The molecular weight excluding hydrogens is 222 g/mol. The highest BCUT2D eigenvalue weighted by molar-refractivity contribution is 7.21. The number of rotatable bonds is 1. The first-order valence-corrected chi connectivity index (χ1v) is 5.44. The maximum absolute atomic E-state index is 5.75. The Labute approximate surface area is 95.0 Å². The number of pyridine rings is 1. The Morgan fingerprint density at radius 3 is 2.75 bits per heavy atom. The fraction of sp³-hybridized carbons (Fsp3) is 0. The highest BCUT2D eigenvalue weighted by Crippen LogP contribution is 2.29. The number of hydrogen-bond acceptors (Lipinski definition) is 6. The van der Waals surface area contributed by atoms with Gasteiger partial charge in [-0.05, 0) is 12.1 Å². The molecule has 3 aromatic heterocycles. The molecule has 0 radical (unpaired) electrons. The average molecular weight is 229 g/mol. The summed E-state index contributed by atoms with van der Waals surface area (Å²) < 4.78 is 0. The van der Waals surface area contributed by atoms with Crippen LogP contribution in [0.1, 0.15) is 0 Å². The minimum absolute atomic E-state index is 0.390. The van der Waals surface area contributed by atoms with Crippen LogP contribution in [0.25, 0.3) is 21.0 Å². The third kappa shape index (κ3) is 1.40. The van der Waals surface area contributed by atoms with Crippen molar-refractivity contribution in [2.24, 2.45) is 0 Å². The summed E-state index contributed by atoms with van der Waals surface area (Å²) in [6.45, 7) is 0. The molecule has 3 aromatic rings. The molecule has 0 saturated heterocycles. The molecule has 0 atom stereocenters. The lowest BCUT2D eigenvalue weighted by molar-refractivity contribution is 1.21. The Kier molecular flexibility index (Phi) is 2.00. The van der Waals surface area contributed by atoms with Gasteiger partial charge in [-0.2, -0.15) is 0 Å². The molecule has 0 aliphatic heterocycles. The van der Waals surface area contributed by atoms with E-state index in [9.17, 15) is 0 Å². The van der Waals surface area contributed by atoms with Gasteiger partial charge in [0.05, 0.1) is 0 Å². The second kappa shape index (κ2) is 3.49. The van der Waals surface area contributed by atoms with Crippen LogP contribution in [0.5, 0.6) is 0 Å². The van der Waals surface area contributed by atoms with E-state index in [4.69, 9.17) is 5.73 Å². The molecule has 0 fully saturated rings. The summed E-state index contributed by atoms with van der Waals surface area (Å²) in [5.41, 5.74) is 7.22. The molecular formula is C10H7N5S. The predicted octanol–water partition coefficient (Wildman–Crippen LogP) is 1.73. The zero-order valence-electron chi connectivity index (χ0n) is 8.16. The summed E-state index contributed by atoms with van der Waals surface area (Å²) in [7, 11) is 0. The van der Waals surface area contributed by atoms with E-state index in [0.29, 0.717) is 11.5 Å². The van der Waals surface area contributed by atoms with Crippen LogP contribution < -0.4 is 5.73 Å². The van der Waals surface area contributed by atoms with Gasteiger partial charge in [-0.1, -0.05) is 11.3 Å². The first-order chi connectivity index (χ1) is 7.84. The molecule has 6 heteroatoms. The minimum atomic E-state index is 0.390. The highest BCUT2D eigenvalue weighted by Gasteiger charge is 2.10. The van der Waals surface area contributed by atoms with Crippen molar-refractivity contribution in [2.75, 3.05) is 5.73 Å². The number of hydrogen-bond donors (Lipinski definition) is 1. The second-order valence-corrected chi connectivity index (χ2v) is 4.11. The summed E-state index contributed by atoms with van der Waals surface area (Å²) in [5.74, 6) is 0.390. The lowest BCUT2D eigenvalue weighted by Crippen LogP contribution is -1.95. The normalized spacial score (nSPS) is 10.8. The van der Waals surface area contributed by atoms with Crippen LogP contribution in [-0.4, -0.2) is 19.9 Å². The van der Waals surface area contributed by atoms with Crippen molar-refractivity contribution < 1.29 is 0 Å². The summed E-state index contributed by atoms with van der Waals surface area (Å²) >= 11 is 1.46. The van der Waals surface area contributed by atoms with Crippen molar-refractivity contribution in [1.29, 1.82) is 0 Å². The fourth-order valence-corrected chi connectivity index (χ4v) is 2.30. The molecule has 78 valence electrons. The van der Waals surface area contributed by atoms with Crippen molar-refractivity contribution in [3.05, 3.63) is 30.7 Å². The standard InChI is InChI=1S/C10H7N5S/c11-8-7(12-4-5-13-8)10-15-6-2-1-3-14-9(6)16-10/h1-5H,(H2,11,13). The Balaban J connectivity index is 2.23. The van der Waals surface area contributed by atoms with Crippen molar-refractivity contribution in [3.63, 3.8) is 0 Å². The Morgan fingerprint density at radius 1 is 1.06 bits per heavy atom.